The highest BCUT2D eigenvalue weighted by atomic mass is 19.1. The molecule has 0 aromatic heterocycles. The highest BCUT2D eigenvalue weighted by molar-refractivity contribution is 6.00. The number of ketones is 1. The molecule has 0 radical (unpaired) electrons. The van der Waals surface area contributed by atoms with Crippen molar-refractivity contribution in [1.29, 1.82) is 0 Å². The maximum atomic E-state index is 17.1. The first kappa shape index (κ1) is 31.0. The summed E-state index contributed by atoms with van der Waals surface area (Å²) in [4.78, 5) is 29.3. The number of halogens is 1. The molecule has 3 rings (SSSR count). The molecule has 1 aromatic rings. The van der Waals surface area contributed by atoms with Crippen LogP contribution in [0.25, 0.3) is 0 Å². The molecule has 0 saturated carbocycles. The monoisotopic (exact) mass is 545 g/mol. The summed E-state index contributed by atoms with van der Waals surface area (Å²) < 4.78 is 23.0. The Morgan fingerprint density at radius 3 is 2.36 bits per heavy atom. The number of unbranched alkanes of at least 4 members (excludes halogenated alkanes) is 1. The SMILES string of the molecule is CCCC[C@@H](C)C12C=C(C)C(OC(=O)N(C)c3ccccc3C)C1(O)C(O)C(CO)=CC(F)(C(C)(C)C)C2=O. The predicted octanol–water partition coefficient (Wildman–Crippen LogP) is 5.06. The molecular formula is C31H44FNO6. The number of aliphatic hydroxyl groups excluding tert-OH is 2. The number of para-hydroxylation sites is 1. The zero-order valence-electron chi connectivity index (χ0n) is 24.4. The van der Waals surface area contributed by atoms with Crippen molar-refractivity contribution in [2.45, 2.75) is 91.2 Å². The molecule has 0 aliphatic heterocycles. The van der Waals surface area contributed by atoms with Gasteiger partial charge >= 0.3 is 6.09 Å². The molecule has 2 aliphatic rings. The molecule has 5 unspecified atom stereocenters. The van der Waals surface area contributed by atoms with E-state index >= 15 is 4.39 Å². The first-order valence-corrected chi connectivity index (χ1v) is 13.7. The van der Waals surface area contributed by atoms with Gasteiger partial charge in [-0.2, -0.15) is 0 Å². The summed E-state index contributed by atoms with van der Waals surface area (Å²) in [6, 6.07) is 7.20. The molecule has 0 heterocycles. The van der Waals surface area contributed by atoms with Crippen molar-refractivity contribution in [3.63, 3.8) is 0 Å². The van der Waals surface area contributed by atoms with Crippen molar-refractivity contribution >= 4 is 17.6 Å². The van der Waals surface area contributed by atoms with Crippen molar-refractivity contribution in [3.8, 4) is 0 Å². The zero-order valence-corrected chi connectivity index (χ0v) is 24.4. The van der Waals surface area contributed by atoms with Crippen molar-refractivity contribution in [3.05, 3.63) is 53.1 Å². The summed E-state index contributed by atoms with van der Waals surface area (Å²) in [7, 11) is 1.53. The van der Waals surface area contributed by atoms with Crippen LogP contribution in [-0.2, 0) is 9.53 Å². The van der Waals surface area contributed by atoms with Crippen molar-refractivity contribution in [2.75, 3.05) is 18.6 Å². The van der Waals surface area contributed by atoms with E-state index < -0.39 is 58.7 Å². The molecule has 0 bridgehead atoms. The summed E-state index contributed by atoms with van der Waals surface area (Å²) in [5.41, 5.74) is -6.80. The van der Waals surface area contributed by atoms with Gasteiger partial charge in [-0.15, -0.1) is 0 Å². The standard InChI is InChI=1S/C31H44FNO6/c1-9-10-14-21(4)29-16-20(3)25(39-27(37)33(8)23-15-12-11-13-19(23)2)31(29,38)24(35)22(18-34)17-30(32,26(29)36)28(5,6)7/h11-13,15-17,21,24-25,34-35,38H,9-10,14,18H2,1-8H3/t21-,24?,25?,29?,30?,31?/m1/s1. The van der Waals surface area contributed by atoms with E-state index in [0.29, 0.717) is 24.1 Å². The summed E-state index contributed by atoms with van der Waals surface area (Å²) in [6.07, 6.45) is 0.253. The number of benzene rings is 1. The Bertz CT molecular complexity index is 1170. The van der Waals surface area contributed by atoms with Crippen molar-refractivity contribution < 1.29 is 34.0 Å². The van der Waals surface area contributed by atoms with Gasteiger partial charge < -0.3 is 20.1 Å². The maximum absolute atomic E-state index is 17.1. The average Bonchev–Trinajstić information content (AvgIpc) is 3.08. The van der Waals surface area contributed by atoms with Gasteiger partial charge in [0.1, 0.15) is 6.10 Å². The number of anilines is 1. The van der Waals surface area contributed by atoms with Gasteiger partial charge in [0.2, 0.25) is 0 Å². The maximum Gasteiger partial charge on any atom is 0.414 e. The van der Waals surface area contributed by atoms with Gasteiger partial charge in [-0.25, -0.2) is 9.18 Å². The number of aliphatic hydroxyl groups is 3. The largest absolute Gasteiger partial charge is 0.438 e. The molecule has 6 atom stereocenters. The number of amides is 1. The van der Waals surface area contributed by atoms with E-state index in [1.165, 1.54) is 18.0 Å². The van der Waals surface area contributed by atoms with Crippen LogP contribution in [0.5, 0.6) is 0 Å². The Kier molecular flexibility index (Phi) is 8.57. The van der Waals surface area contributed by atoms with Crippen LogP contribution in [-0.4, -0.2) is 64.3 Å². The van der Waals surface area contributed by atoms with E-state index in [9.17, 15) is 24.9 Å². The second kappa shape index (κ2) is 10.8. The first-order valence-electron chi connectivity index (χ1n) is 13.7. The third kappa shape index (κ3) is 4.64. The van der Waals surface area contributed by atoms with Gasteiger partial charge in [-0.1, -0.05) is 71.7 Å². The molecule has 1 aromatic carbocycles. The average molecular weight is 546 g/mol. The summed E-state index contributed by atoms with van der Waals surface area (Å²) in [5.74, 6) is -1.54. The number of Topliss-reactive ketones (excluding diaryl/α,β-unsaturated/α-hetero) is 1. The van der Waals surface area contributed by atoms with Crippen molar-refractivity contribution in [1.82, 2.24) is 0 Å². The normalized spacial score (nSPS) is 31.6. The molecule has 2 aliphatic carbocycles. The van der Waals surface area contributed by atoms with E-state index in [0.717, 1.165) is 18.1 Å². The van der Waals surface area contributed by atoms with Crippen LogP contribution in [0.4, 0.5) is 14.9 Å². The fourth-order valence-corrected chi connectivity index (χ4v) is 6.30. The molecule has 0 fully saturated rings. The molecular weight excluding hydrogens is 501 g/mol. The zero-order chi connectivity index (χ0) is 29.6. The molecule has 216 valence electrons. The van der Waals surface area contributed by atoms with Gasteiger partial charge in [0.05, 0.1) is 12.0 Å². The van der Waals surface area contributed by atoms with E-state index in [4.69, 9.17) is 4.74 Å². The predicted molar refractivity (Wildman–Crippen MR) is 149 cm³/mol. The highest BCUT2D eigenvalue weighted by Gasteiger charge is 2.74. The minimum absolute atomic E-state index is 0.232. The van der Waals surface area contributed by atoms with Gasteiger partial charge in [0, 0.05) is 18.2 Å². The Balaban J connectivity index is 2.23. The van der Waals surface area contributed by atoms with Crippen LogP contribution < -0.4 is 4.90 Å². The smallest absolute Gasteiger partial charge is 0.414 e. The lowest BCUT2D eigenvalue weighted by molar-refractivity contribution is -0.195. The van der Waals surface area contributed by atoms with E-state index in [-0.39, 0.29) is 5.57 Å². The number of alkyl halides is 1. The van der Waals surface area contributed by atoms with Crippen LogP contribution in [0.2, 0.25) is 0 Å². The number of carbonyl (C=O) groups excluding carboxylic acids is 2. The summed E-state index contributed by atoms with van der Waals surface area (Å²) >= 11 is 0. The molecule has 0 saturated heterocycles. The second-order valence-electron chi connectivity index (χ2n) is 12.3. The number of carbonyl (C=O) groups is 2. The number of ether oxygens (including phenoxy) is 1. The van der Waals surface area contributed by atoms with Crippen LogP contribution >= 0.6 is 0 Å². The Morgan fingerprint density at radius 2 is 1.82 bits per heavy atom. The highest BCUT2D eigenvalue weighted by Crippen LogP contribution is 2.60. The molecule has 1 amide bonds. The third-order valence-electron chi connectivity index (χ3n) is 8.80. The molecule has 3 N–H and O–H groups in total. The minimum atomic E-state index is -2.63. The number of fused-ring (bicyclic) bond motifs is 1. The number of hydrogen-bond acceptors (Lipinski definition) is 6. The summed E-state index contributed by atoms with van der Waals surface area (Å²) in [6.45, 7) is 11.1. The third-order valence-corrected chi connectivity index (χ3v) is 8.80. The number of rotatable bonds is 7. The first-order chi connectivity index (χ1) is 18.0. The fraction of sp³-hybridized carbons (Fsp3) is 0.613. The Labute approximate surface area is 231 Å². The van der Waals surface area contributed by atoms with Crippen LogP contribution in [0.1, 0.15) is 66.4 Å². The van der Waals surface area contributed by atoms with E-state index in [1.54, 1.807) is 46.8 Å². The molecule has 39 heavy (non-hydrogen) atoms. The van der Waals surface area contributed by atoms with E-state index in [2.05, 4.69) is 0 Å². The van der Waals surface area contributed by atoms with Crippen LogP contribution in [0, 0.1) is 23.7 Å². The number of aryl methyl sites for hydroxylation is 1. The topological polar surface area (TPSA) is 107 Å². The number of nitrogens with zero attached hydrogens (tertiary/aromatic N) is 1. The Morgan fingerprint density at radius 1 is 1.21 bits per heavy atom. The van der Waals surface area contributed by atoms with Crippen LogP contribution in [0.15, 0.2) is 47.6 Å². The molecule has 8 heteroatoms. The lowest BCUT2D eigenvalue weighted by Crippen LogP contribution is -2.68. The van der Waals surface area contributed by atoms with Gasteiger partial charge in [0.25, 0.3) is 0 Å². The quantitative estimate of drug-likeness (QED) is 0.414. The van der Waals surface area contributed by atoms with Crippen molar-refractivity contribution in [2.24, 2.45) is 16.7 Å². The van der Waals surface area contributed by atoms with Gasteiger partial charge in [-0.05, 0) is 55.0 Å². The lowest BCUT2D eigenvalue weighted by atomic mass is 9.56. The minimum Gasteiger partial charge on any atom is -0.438 e. The Hall–Kier alpha value is -2.55. The second-order valence-corrected chi connectivity index (χ2v) is 12.3. The van der Waals surface area contributed by atoms with Crippen LogP contribution in [0.3, 0.4) is 0 Å². The fourth-order valence-electron chi connectivity index (χ4n) is 6.30. The summed E-state index contributed by atoms with van der Waals surface area (Å²) in [5, 5.41) is 34.5. The lowest BCUT2D eigenvalue weighted by Gasteiger charge is -2.50. The number of hydrogen-bond donors (Lipinski definition) is 3. The van der Waals surface area contributed by atoms with Gasteiger partial charge in [-0.3, -0.25) is 9.69 Å². The van der Waals surface area contributed by atoms with Gasteiger partial charge in [0.15, 0.2) is 23.2 Å². The number of allylic oxidation sites excluding steroid dienone is 1. The molecule has 0 spiro atoms. The van der Waals surface area contributed by atoms with E-state index in [1.807, 2.05) is 26.0 Å². The molecule has 7 nitrogen and oxygen atoms in total.